The van der Waals surface area contributed by atoms with Crippen molar-refractivity contribution >= 4 is 39.9 Å². The predicted molar refractivity (Wildman–Crippen MR) is 77.6 cm³/mol. The van der Waals surface area contributed by atoms with Gasteiger partial charge in [-0.25, -0.2) is 0 Å². The van der Waals surface area contributed by atoms with Crippen LogP contribution in [-0.2, 0) is 4.79 Å². The highest BCUT2D eigenvalue weighted by Gasteiger charge is 2.06. The number of nitrogens with one attached hydrogen (secondary N) is 1. The van der Waals surface area contributed by atoms with E-state index in [0.717, 1.165) is 15.7 Å². The molecule has 0 saturated carbocycles. The molecule has 0 saturated heterocycles. The largest absolute Gasteiger partial charge is 0.328 e. The van der Waals surface area contributed by atoms with E-state index >= 15 is 0 Å². The Hall–Kier alpha value is -0.580. The van der Waals surface area contributed by atoms with E-state index in [-0.39, 0.29) is 24.4 Å². The smallest absolute Gasteiger partial charge is 0.224 e. The molecule has 1 amide bonds. The van der Waals surface area contributed by atoms with Crippen molar-refractivity contribution in [2.75, 3.05) is 5.32 Å². The van der Waals surface area contributed by atoms with Crippen molar-refractivity contribution in [3.63, 3.8) is 0 Å². The van der Waals surface area contributed by atoms with E-state index in [4.69, 9.17) is 5.73 Å². The van der Waals surface area contributed by atoms with E-state index in [1.54, 1.807) is 0 Å². The summed E-state index contributed by atoms with van der Waals surface area (Å²) in [6.07, 6.45) is 1.18. The van der Waals surface area contributed by atoms with Crippen molar-refractivity contribution < 1.29 is 4.79 Å². The number of amides is 1. The van der Waals surface area contributed by atoms with Gasteiger partial charge >= 0.3 is 0 Å². The lowest BCUT2D eigenvalue weighted by molar-refractivity contribution is -0.116. The normalized spacial score (nSPS) is 11.5. The van der Waals surface area contributed by atoms with E-state index < -0.39 is 0 Å². The highest BCUT2D eigenvalue weighted by molar-refractivity contribution is 9.10. The highest BCUT2D eigenvalue weighted by atomic mass is 79.9. The van der Waals surface area contributed by atoms with Crippen LogP contribution in [0, 0.1) is 6.92 Å². The molecule has 1 unspecified atom stereocenters. The van der Waals surface area contributed by atoms with Crippen LogP contribution in [0.4, 0.5) is 5.69 Å². The first-order valence-corrected chi connectivity index (χ1v) is 6.10. The quantitative estimate of drug-likeness (QED) is 0.894. The number of anilines is 1. The molecule has 0 spiro atoms. The molecule has 1 atom stereocenters. The van der Waals surface area contributed by atoms with Crippen LogP contribution in [0.1, 0.15) is 25.3 Å². The summed E-state index contributed by atoms with van der Waals surface area (Å²) in [6, 6.07) is 5.84. The monoisotopic (exact) mass is 320 g/mol. The second-order valence-electron chi connectivity index (χ2n) is 4.02. The second kappa shape index (κ2) is 7.69. The Bertz CT molecular complexity index is 383. The molecule has 0 aliphatic rings. The lowest BCUT2D eigenvalue weighted by Crippen LogP contribution is -2.19. The van der Waals surface area contributed by atoms with E-state index in [1.165, 1.54) is 0 Å². The fourth-order valence-corrected chi connectivity index (χ4v) is 1.81. The van der Waals surface area contributed by atoms with Gasteiger partial charge in [0.25, 0.3) is 0 Å². The molecule has 1 rings (SSSR count). The lowest BCUT2D eigenvalue weighted by Gasteiger charge is -2.09. The Labute approximate surface area is 117 Å². The van der Waals surface area contributed by atoms with Gasteiger partial charge < -0.3 is 11.1 Å². The standard InChI is InChI=1S/C12H17BrN2O.ClH/c1-8-7-10(13)4-5-11(8)15-12(16)6-3-9(2)14;/h4-5,7,9H,3,6,14H2,1-2H3,(H,15,16);1H. The second-order valence-corrected chi connectivity index (χ2v) is 4.94. The van der Waals surface area contributed by atoms with Gasteiger partial charge in [-0.15, -0.1) is 12.4 Å². The molecular weight excluding hydrogens is 304 g/mol. The number of benzene rings is 1. The topological polar surface area (TPSA) is 55.1 Å². The van der Waals surface area contributed by atoms with E-state index in [0.29, 0.717) is 12.8 Å². The molecule has 1 aromatic carbocycles. The fourth-order valence-electron chi connectivity index (χ4n) is 1.34. The van der Waals surface area contributed by atoms with Gasteiger partial charge in [0.15, 0.2) is 0 Å². The van der Waals surface area contributed by atoms with Crippen molar-refractivity contribution in [2.24, 2.45) is 5.73 Å². The summed E-state index contributed by atoms with van der Waals surface area (Å²) in [4.78, 5) is 11.6. The minimum absolute atomic E-state index is 0. The third-order valence-electron chi connectivity index (χ3n) is 2.29. The van der Waals surface area contributed by atoms with Crippen LogP contribution >= 0.6 is 28.3 Å². The molecule has 0 aliphatic carbocycles. The summed E-state index contributed by atoms with van der Waals surface area (Å²) < 4.78 is 1.01. The number of rotatable bonds is 4. The maximum Gasteiger partial charge on any atom is 0.224 e. The molecule has 0 aliphatic heterocycles. The molecule has 3 nitrogen and oxygen atoms in total. The number of carbonyl (C=O) groups is 1. The Morgan fingerprint density at radius 3 is 2.71 bits per heavy atom. The minimum atomic E-state index is 0. The maximum absolute atomic E-state index is 11.6. The van der Waals surface area contributed by atoms with Crippen LogP contribution in [0.5, 0.6) is 0 Å². The van der Waals surface area contributed by atoms with Crippen LogP contribution < -0.4 is 11.1 Å². The number of hydrogen-bond donors (Lipinski definition) is 2. The first-order chi connectivity index (χ1) is 7.49. The van der Waals surface area contributed by atoms with Gasteiger partial charge in [-0.05, 0) is 44.0 Å². The Morgan fingerprint density at radius 2 is 2.18 bits per heavy atom. The highest BCUT2D eigenvalue weighted by Crippen LogP contribution is 2.20. The van der Waals surface area contributed by atoms with Gasteiger partial charge in [0.2, 0.25) is 5.91 Å². The Morgan fingerprint density at radius 1 is 1.53 bits per heavy atom. The Kier molecular flexibility index (Phi) is 7.43. The molecule has 0 aromatic heterocycles. The van der Waals surface area contributed by atoms with Gasteiger partial charge in [-0.2, -0.15) is 0 Å². The average molecular weight is 322 g/mol. The van der Waals surface area contributed by atoms with Gasteiger partial charge in [0.05, 0.1) is 0 Å². The van der Waals surface area contributed by atoms with Crippen molar-refractivity contribution in [3.05, 3.63) is 28.2 Å². The van der Waals surface area contributed by atoms with Crippen molar-refractivity contribution in [2.45, 2.75) is 32.7 Å². The zero-order chi connectivity index (χ0) is 12.1. The molecule has 0 heterocycles. The summed E-state index contributed by atoms with van der Waals surface area (Å²) in [5, 5.41) is 2.88. The van der Waals surface area contributed by atoms with Crippen LogP contribution in [0.2, 0.25) is 0 Å². The van der Waals surface area contributed by atoms with Crippen molar-refractivity contribution in [1.29, 1.82) is 0 Å². The number of nitrogens with two attached hydrogens (primary N) is 1. The summed E-state index contributed by atoms with van der Waals surface area (Å²) in [5.74, 6) is 0.0164. The Balaban J connectivity index is 0.00000256. The van der Waals surface area contributed by atoms with E-state index in [1.807, 2.05) is 32.0 Å². The predicted octanol–water partition coefficient (Wildman–Crippen LogP) is 3.25. The zero-order valence-electron chi connectivity index (χ0n) is 10.00. The molecule has 0 radical (unpaired) electrons. The molecule has 96 valence electrons. The van der Waals surface area contributed by atoms with Crippen LogP contribution in [-0.4, -0.2) is 11.9 Å². The van der Waals surface area contributed by atoms with Crippen molar-refractivity contribution in [3.8, 4) is 0 Å². The third-order valence-corrected chi connectivity index (χ3v) is 2.78. The summed E-state index contributed by atoms with van der Waals surface area (Å²) in [6.45, 7) is 3.87. The van der Waals surface area contributed by atoms with Gasteiger partial charge in [0, 0.05) is 22.6 Å². The number of aryl methyl sites for hydroxylation is 1. The maximum atomic E-state index is 11.6. The number of halogens is 2. The third kappa shape index (κ3) is 6.05. The lowest BCUT2D eigenvalue weighted by atomic mass is 10.1. The SMILES string of the molecule is Cc1cc(Br)ccc1NC(=O)CCC(C)N.Cl. The fraction of sp³-hybridized carbons (Fsp3) is 0.417. The molecule has 0 fully saturated rings. The first kappa shape index (κ1) is 16.4. The molecular formula is C12H18BrClN2O. The van der Waals surface area contributed by atoms with Gasteiger partial charge in [-0.1, -0.05) is 15.9 Å². The van der Waals surface area contributed by atoms with Gasteiger partial charge in [-0.3, -0.25) is 4.79 Å². The molecule has 5 heteroatoms. The number of carbonyl (C=O) groups excluding carboxylic acids is 1. The minimum Gasteiger partial charge on any atom is -0.328 e. The average Bonchev–Trinajstić information content (AvgIpc) is 2.19. The van der Waals surface area contributed by atoms with Crippen LogP contribution in [0.15, 0.2) is 22.7 Å². The van der Waals surface area contributed by atoms with E-state index in [2.05, 4.69) is 21.2 Å². The first-order valence-electron chi connectivity index (χ1n) is 5.30. The van der Waals surface area contributed by atoms with Crippen LogP contribution in [0.3, 0.4) is 0 Å². The zero-order valence-corrected chi connectivity index (χ0v) is 12.4. The molecule has 0 bridgehead atoms. The summed E-state index contributed by atoms with van der Waals surface area (Å²) in [5.41, 5.74) is 7.50. The number of hydrogen-bond acceptors (Lipinski definition) is 2. The van der Waals surface area contributed by atoms with E-state index in [9.17, 15) is 4.79 Å². The van der Waals surface area contributed by atoms with Gasteiger partial charge in [0.1, 0.15) is 0 Å². The summed E-state index contributed by atoms with van der Waals surface area (Å²) >= 11 is 3.38. The molecule has 3 N–H and O–H groups in total. The molecule has 17 heavy (non-hydrogen) atoms. The van der Waals surface area contributed by atoms with Crippen LogP contribution in [0.25, 0.3) is 0 Å². The summed E-state index contributed by atoms with van der Waals surface area (Å²) in [7, 11) is 0. The van der Waals surface area contributed by atoms with Crippen molar-refractivity contribution in [1.82, 2.24) is 0 Å². The molecule has 1 aromatic rings.